The van der Waals surface area contributed by atoms with Crippen LogP contribution in [-0.4, -0.2) is 42.2 Å². The molecule has 19 heavy (non-hydrogen) atoms. The van der Waals surface area contributed by atoms with Crippen molar-refractivity contribution in [2.75, 3.05) is 25.5 Å². The van der Waals surface area contributed by atoms with Gasteiger partial charge in [0, 0.05) is 12.6 Å². The highest BCUT2D eigenvalue weighted by atomic mass is 19.1. The van der Waals surface area contributed by atoms with Gasteiger partial charge in [-0.3, -0.25) is 4.79 Å². The number of aliphatic carboxylic acids is 1. The lowest BCUT2D eigenvalue weighted by Crippen LogP contribution is -2.38. The second-order valence-electron chi connectivity index (χ2n) is 3.68. The van der Waals surface area contributed by atoms with Gasteiger partial charge in [-0.2, -0.15) is 0 Å². The molecule has 6 nitrogen and oxygen atoms in total. The number of carbonyl (C=O) groups is 2. The Hall–Kier alpha value is -2.31. The van der Waals surface area contributed by atoms with Gasteiger partial charge in [0.1, 0.15) is 18.1 Å². The summed E-state index contributed by atoms with van der Waals surface area (Å²) < 4.78 is 17.9. The number of likely N-dealkylation sites (N-methyl/N-ethyl adjacent to an activating group) is 1. The van der Waals surface area contributed by atoms with Gasteiger partial charge in [-0.15, -0.1) is 0 Å². The molecule has 0 saturated carbocycles. The number of carbonyl (C=O) groups excluding carboxylic acids is 1. The Labute approximate surface area is 109 Å². The Bertz CT molecular complexity index is 479. The molecule has 1 rings (SSSR count). The predicted octanol–water partition coefficient (Wildman–Crippen LogP) is 1.77. The summed E-state index contributed by atoms with van der Waals surface area (Å²) >= 11 is 0. The number of amides is 2. The first-order valence-corrected chi connectivity index (χ1v) is 5.59. The van der Waals surface area contributed by atoms with Crippen LogP contribution in [0.15, 0.2) is 18.2 Å². The van der Waals surface area contributed by atoms with E-state index in [9.17, 15) is 14.0 Å². The number of anilines is 1. The number of methoxy groups -OCH3 is 1. The van der Waals surface area contributed by atoms with E-state index < -0.39 is 24.4 Å². The number of carboxylic acid groups (broad SMARTS) is 1. The molecule has 7 heteroatoms. The maximum absolute atomic E-state index is 13.0. The molecule has 0 unspecified atom stereocenters. The van der Waals surface area contributed by atoms with Crippen molar-refractivity contribution in [2.45, 2.75) is 6.92 Å². The SMILES string of the molecule is CCN(CC(=O)O)C(=O)Nc1ccc(F)cc1OC. The number of hydrogen-bond donors (Lipinski definition) is 2. The molecule has 0 atom stereocenters. The Morgan fingerprint density at radius 1 is 1.47 bits per heavy atom. The Morgan fingerprint density at radius 2 is 2.16 bits per heavy atom. The molecule has 104 valence electrons. The van der Waals surface area contributed by atoms with E-state index >= 15 is 0 Å². The van der Waals surface area contributed by atoms with Gasteiger partial charge in [0.2, 0.25) is 0 Å². The molecular formula is C12H15FN2O4. The van der Waals surface area contributed by atoms with Crippen molar-refractivity contribution in [1.29, 1.82) is 0 Å². The average molecular weight is 270 g/mol. The number of nitrogens with one attached hydrogen (secondary N) is 1. The zero-order valence-electron chi connectivity index (χ0n) is 10.6. The molecule has 1 aromatic rings. The summed E-state index contributed by atoms with van der Waals surface area (Å²) in [4.78, 5) is 23.5. The molecule has 2 N–H and O–H groups in total. The quantitative estimate of drug-likeness (QED) is 0.854. The van der Waals surface area contributed by atoms with E-state index in [1.165, 1.54) is 19.2 Å². The smallest absolute Gasteiger partial charge is 0.323 e. The molecule has 1 aromatic carbocycles. The molecule has 0 heterocycles. The first-order valence-electron chi connectivity index (χ1n) is 5.59. The van der Waals surface area contributed by atoms with Crippen molar-refractivity contribution in [2.24, 2.45) is 0 Å². The Kier molecular flexibility index (Phi) is 5.11. The van der Waals surface area contributed by atoms with Crippen LogP contribution in [0.3, 0.4) is 0 Å². The molecule has 0 radical (unpaired) electrons. The number of hydrogen-bond acceptors (Lipinski definition) is 3. The predicted molar refractivity (Wildman–Crippen MR) is 66.9 cm³/mol. The number of urea groups is 1. The van der Waals surface area contributed by atoms with Gasteiger partial charge >= 0.3 is 12.0 Å². The maximum atomic E-state index is 13.0. The summed E-state index contributed by atoms with van der Waals surface area (Å²) in [5, 5.41) is 11.1. The van der Waals surface area contributed by atoms with Crippen LogP contribution in [0.4, 0.5) is 14.9 Å². The zero-order valence-corrected chi connectivity index (χ0v) is 10.6. The second-order valence-corrected chi connectivity index (χ2v) is 3.68. The first kappa shape index (κ1) is 14.7. The summed E-state index contributed by atoms with van der Waals surface area (Å²) in [5.41, 5.74) is 0.276. The van der Waals surface area contributed by atoms with E-state index in [2.05, 4.69) is 5.32 Å². The molecule has 0 bridgehead atoms. The molecule has 0 aliphatic heterocycles. The topological polar surface area (TPSA) is 78.9 Å². The van der Waals surface area contributed by atoms with Crippen LogP contribution < -0.4 is 10.1 Å². The highest BCUT2D eigenvalue weighted by Crippen LogP contribution is 2.25. The summed E-state index contributed by atoms with van der Waals surface area (Å²) in [6.45, 7) is 1.48. The number of carboxylic acids is 1. The third kappa shape index (κ3) is 4.13. The molecule has 0 aliphatic rings. The number of ether oxygens (including phenoxy) is 1. The van der Waals surface area contributed by atoms with E-state index in [-0.39, 0.29) is 18.0 Å². The van der Waals surface area contributed by atoms with Crippen LogP contribution in [0.5, 0.6) is 5.75 Å². The molecule has 0 spiro atoms. The minimum atomic E-state index is -1.11. The van der Waals surface area contributed by atoms with Crippen molar-refractivity contribution in [3.8, 4) is 5.75 Å². The third-order valence-corrected chi connectivity index (χ3v) is 2.40. The average Bonchev–Trinajstić information content (AvgIpc) is 2.37. The number of benzene rings is 1. The third-order valence-electron chi connectivity index (χ3n) is 2.40. The van der Waals surface area contributed by atoms with Crippen LogP contribution in [0.2, 0.25) is 0 Å². The van der Waals surface area contributed by atoms with E-state index in [1.54, 1.807) is 6.92 Å². The molecule has 0 aliphatic carbocycles. The monoisotopic (exact) mass is 270 g/mol. The van der Waals surface area contributed by atoms with Crippen LogP contribution >= 0.6 is 0 Å². The van der Waals surface area contributed by atoms with Gasteiger partial charge in [-0.1, -0.05) is 0 Å². The van der Waals surface area contributed by atoms with Crippen LogP contribution in [0.25, 0.3) is 0 Å². The van der Waals surface area contributed by atoms with E-state index in [0.29, 0.717) is 0 Å². The summed E-state index contributed by atoms with van der Waals surface area (Å²) in [5.74, 6) is -1.43. The normalized spacial score (nSPS) is 9.84. The Morgan fingerprint density at radius 3 is 2.68 bits per heavy atom. The van der Waals surface area contributed by atoms with E-state index in [0.717, 1.165) is 11.0 Å². The number of rotatable bonds is 5. The van der Waals surface area contributed by atoms with Gasteiger partial charge in [-0.05, 0) is 19.1 Å². The van der Waals surface area contributed by atoms with Gasteiger partial charge in [0.05, 0.1) is 12.8 Å². The molecule has 0 aromatic heterocycles. The summed E-state index contributed by atoms with van der Waals surface area (Å²) in [6, 6.07) is 3.06. The summed E-state index contributed by atoms with van der Waals surface area (Å²) in [6.07, 6.45) is 0. The van der Waals surface area contributed by atoms with E-state index in [1.807, 2.05) is 0 Å². The summed E-state index contributed by atoms with van der Waals surface area (Å²) in [7, 11) is 1.35. The Balaban J connectivity index is 2.83. The minimum Gasteiger partial charge on any atom is -0.494 e. The van der Waals surface area contributed by atoms with Crippen molar-refractivity contribution >= 4 is 17.7 Å². The minimum absolute atomic E-state index is 0.166. The van der Waals surface area contributed by atoms with Gasteiger partial charge in [0.15, 0.2) is 0 Å². The highest BCUT2D eigenvalue weighted by molar-refractivity contribution is 5.92. The fraction of sp³-hybridized carbons (Fsp3) is 0.333. The van der Waals surface area contributed by atoms with Crippen molar-refractivity contribution in [3.63, 3.8) is 0 Å². The molecule has 0 fully saturated rings. The van der Waals surface area contributed by atoms with Gasteiger partial charge < -0.3 is 20.1 Å². The largest absolute Gasteiger partial charge is 0.494 e. The number of nitrogens with zero attached hydrogens (tertiary/aromatic N) is 1. The van der Waals surface area contributed by atoms with Crippen LogP contribution in [0, 0.1) is 5.82 Å². The molecular weight excluding hydrogens is 255 g/mol. The fourth-order valence-electron chi connectivity index (χ4n) is 1.45. The van der Waals surface area contributed by atoms with Crippen molar-refractivity contribution < 1.29 is 23.8 Å². The van der Waals surface area contributed by atoms with Gasteiger partial charge in [0.25, 0.3) is 0 Å². The highest BCUT2D eigenvalue weighted by Gasteiger charge is 2.16. The van der Waals surface area contributed by atoms with Crippen LogP contribution in [-0.2, 0) is 4.79 Å². The van der Waals surface area contributed by atoms with Crippen LogP contribution in [0.1, 0.15) is 6.92 Å². The zero-order chi connectivity index (χ0) is 14.4. The molecule has 0 saturated heterocycles. The number of halogens is 1. The lowest BCUT2D eigenvalue weighted by molar-refractivity contribution is -0.137. The van der Waals surface area contributed by atoms with Crippen molar-refractivity contribution in [3.05, 3.63) is 24.0 Å². The first-order chi connectivity index (χ1) is 8.97. The van der Waals surface area contributed by atoms with Gasteiger partial charge in [-0.25, -0.2) is 9.18 Å². The van der Waals surface area contributed by atoms with Crippen molar-refractivity contribution in [1.82, 2.24) is 4.90 Å². The molecule has 2 amide bonds. The fourth-order valence-corrected chi connectivity index (χ4v) is 1.45. The lowest BCUT2D eigenvalue weighted by Gasteiger charge is -2.20. The van der Waals surface area contributed by atoms with E-state index in [4.69, 9.17) is 9.84 Å². The lowest BCUT2D eigenvalue weighted by atomic mass is 10.3. The standard InChI is InChI=1S/C12H15FN2O4/c1-3-15(7-11(16)17)12(18)14-9-5-4-8(13)6-10(9)19-2/h4-6H,3,7H2,1-2H3,(H,14,18)(H,16,17). The maximum Gasteiger partial charge on any atom is 0.323 e. The second kappa shape index (κ2) is 6.58.